The largest absolute Gasteiger partial charge is 0.477 e. The van der Waals surface area contributed by atoms with E-state index in [4.69, 9.17) is 4.74 Å². The van der Waals surface area contributed by atoms with E-state index in [0.717, 1.165) is 26.7 Å². The predicted octanol–water partition coefficient (Wildman–Crippen LogP) is 2.95. The van der Waals surface area contributed by atoms with Crippen molar-refractivity contribution in [3.05, 3.63) is 36.4 Å². The average molecular weight is 326 g/mol. The fourth-order valence-electron chi connectivity index (χ4n) is 2.49. The van der Waals surface area contributed by atoms with Crippen molar-refractivity contribution in [2.24, 2.45) is 0 Å². The third-order valence-corrected chi connectivity index (χ3v) is 4.47. The number of hydrogen-bond donors (Lipinski definition) is 1. The Bertz CT molecular complexity index is 956. The predicted molar refractivity (Wildman–Crippen MR) is 87.6 cm³/mol. The second kappa shape index (κ2) is 5.47. The molecule has 0 aliphatic carbocycles. The molecule has 0 radical (unpaired) electrons. The Morgan fingerprint density at radius 3 is 3.04 bits per heavy atom. The summed E-state index contributed by atoms with van der Waals surface area (Å²) < 4.78 is 7.53. The summed E-state index contributed by atoms with van der Waals surface area (Å²) in [5, 5.41) is 12.3. The molecule has 0 unspecified atom stereocenters. The number of nitrogens with one attached hydrogen (secondary N) is 1. The van der Waals surface area contributed by atoms with Crippen LogP contribution in [-0.4, -0.2) is 36.4 Å². The van der Waals surface area contributed by atoms with E-state index in [-0.39, 0.29) is 0 Å². The van der Waals surface area contributed by atoms with Crippen molar-refractivity contribution in [1.82, 2.24) is 29.8 Å². The number of aryl methyl sites for hydroxylation is 1. The maximum Gasteiger partial charge on any atom is 0.236 e. The molecule has 8 heteroatoms. The van der Waals surface area contributed by atoms with Gasteiger partial charge in [0.2, 0.25) is 5.88 Å². The van der Waals surface area contributed by atoms with E-state index in [1.807, 2.05) is 42.8 Å². The summed E-state index contributed by atoms with van der Waals surface area (Å²) >= 11 is 1.51. The van der Waals surface area contributed by atoms with Crippen LogP contribution in [0.15, 0.2) is 30.7 Å². The SMILES string of the molecule is CCOc1nc(-c2c(C)nn3ccccc23)sc1-c1nc[nH]n1. The van der Waals surface area contributed by atoms with E-state index in [0.29, 0.717) is 18.3 Å². The van der Waals surface area contributed by atoms with Gasteiger partial charge in [-0.3, -0.25) is 5.10 Å². The second-order valence-corrected chi connectivity index (χ2v) is 5.90. The van der Waals surface area contributed by atoms with Gasteiger partial charge in [0, 0.05) is 6.20 Å². The van der Waals surface area contributed by atoms with Gasteiger partial charge < -0.3 is 4.74 Å². The number of rotatable bonds is 4. The van der Waals surface area contributed by atoms with E-state index < -0.39 is 0 Å². The molecule has 0 amide bonds. The fourth-order valence-corrected chi connectivity index (χ4v) is 3.55. The van der Waals surface area contributed by atoms with E-state index in [9.17, 15) is 0 Å². The Morgan fingerprint density at radius 2 is 2.26 bits per heavy atom. The number of ether oxygens (including phenoxy) is 1. The van der Waals surface area contributed by atoms with Gasteiger partial charge in [0.25, 0.3) is 0 Å². The summed E-state index contributed by atoms with van der Waals surface area (Å²) in [5.41, 5.74) is 2.95. The maximum absolute atomic E-state index is 5.67. The molecule has 0 aliphatic rings. The molecule has 4 aromatic heterocycles. The second-order valence-electron chi connectivity index (χ2n) is 4.90. The van der Waals surface area contributed by atoms with Crippen LogP contribution in [0, 0.1) is 6.92 Å². The van der Waals surface area contributed by atoms with Gasteiger partial charge in [0.05, 0.1) is 23.4 Å². The number of nitrogens with zero attached hydrogens (tertiary/aromatic N) is 5. The normalized spacial score (nSPS) is 11.2. The van der Waals surface area contributed by atoms with Crippen LogP contribution in [0.25, 0.3) is 26.8 Å². The molecule has 4 aromatic rings. The zero-order chi connectivity index (χ0) is 15.8. The van der Waals surface area contributed by atoms with E-state index in [1.54, 1.807) is 6.33 Å². The molecule has 4 rings (SSSR count). The minimum absolute atomic E-state index is 0.536. The van der Waals surface area contributed by atoms with Crippen LogP contribution in [0.4, 0.5) is 0 Å². The highest BCUT2D eigenvalue weighted by Gasteiger charge is 2.21. The van der Waals surface area contributed by atoms with Crippen LogP contribution in [0.2, 0.25) is 0 Å². The summed E-state index contributed by atoms with van der Waals surface area (Å²) in [4.78, 5) is 9.69. The molecule has 0 aliphatic heterocycles. The lowest BCUT2D eigenvalue weighted by atomic mass is 10.2. The summed E-state index contributed by atoms with van der Waals surface area (Å²) in [5.74, 6) is 1.15. The van der Waals surface area contributed by atoms with Crippen LogP contribution < -0.4 is 4.74 Å². The highest BCUT2D eigenvalue weighted by molar-refractivity contribution is 7.18. The van der Waals surface area contributed by atoms with Gasteiger partial charge in [-0.1, -0.05) is 6.07 Å². The number of H-pyrrole nitrogens is 1. The average Bonchev–Trinajstić information content (AvgIpc) is 3.24. The molecule has 0 atom stereocenters. The lowest BCUT2D eigenvalue weighted by Gasteiger charge is -1.98. The molecule has 4 heterocycles. The van der Waals surface area contributed by atoms with Crippen molar-refractivity contribution < 1.29 is 4.74 Å². The van der Waals surface area contributed by atoms with Crippen molar-refractivity contribution in [3.8, 4) is 27.2 Å². The Morgan fingerprint density at radius 1 is 1.35 bits per heavy atom. The van der Waals surface area contributed by atoms with Gasteiger partial charge in [-0.25, -0.2) is 14.5 Å². The first-order valence-electron chi connectivity index (χ1n) is 7.22. The number of aromatic nitrogens is 6. The van der Waals surface area contributed by atoms with E-state index in [1.165, 1.54) is 11.3 Å². The van der Waals surface area contributed by atoms with Crippen molar-refractivity contribution in [3.63, 3.8) is 0 Å². The zero-order valence-electron chi connectivity index (χ0n) is 12.6. The molecule has 0 saturated carbocycles. The Balaban J connectivity index is 1.92. The molecule has 0 saturated heterocycles. The molecule has 0 bridgehead atoms. The van der Waals surface area contributed by atoms with Crippen LogP contribution >= 0.6 is 11.3 Å². The highest BCUT2D eigenvalue weighted by atomic mass is 32.1. The van der Waals surface area contributed by atoms with Crippen molar-refractivity contribution in [2.45, 2.75) is 13.8 Å². The van der Waals surface area contributed by atoms with Gasteiger partial charge in [-0.05, 0) is 26.0 Å². The van der Waals surface area contributed by atoms with Gasteiger partial charge in [-0.15, -0.1) is 11.3 Å². The van der Waals surface area contributed by atoms with Crippen molar-refractivity contribution in [1.29, 1.82) is 0 Å². The smallest absolute Gasteiger partial charge is 0.236 e. The summed E-state index contributed by atoms with van der Waals surface area (Å²) in [6.07, 6.45) is 3.48. The summed E-state index contributed by atoms with van der Waals surface area (Å²) in [6, 6.07) is 5.98. The maximum atomic E-state index is 5.67. The molecular formula is C15H14N6OS. The molecule has 0 fully saturated rings. The monoisotopic (exact) mass is 326 g/mol. The molecule has 116 valence electrons. The van der Waals surface area contributed by atoms with Crippen LogP contribution in [0.1, 0.15) is 12.6 Å². The topological polar surface area (TPSA) is 81.0 Å². The highest BCUT2D eigenvalue weighted by Crippen LogP contribution is 2.40. The lowest BCUT2D eigenvalue weighted by Crippen LogP contribution is -1.93. The van der Waals surface area contributed by atoms with E-state index in [2.05, 4.69) is 25.3 Å². The number of hydrogen-bond acceptors (Lipinski definition) is 6. The third kappa shape index (κ3) is 2.27. The summed E-state index contributed by atoms with van der Waals surface area (Å²) in [6.45, 7) is 4.45. The molecule has 23 heavy (non-hydrogen) atoms. The lowest BCUT2D eigenvalue weighted by molar-refractivity contribution is 0.330. The van der Waals surface area contributed by atoms with Gasteiger partial charge >= 0.3 is 0 Å². The minimum Gasteiger partial charge on any atom is -0.477 e. The minimum atomic E-state index is 0.536. The first-order valence-corrected chi connectivity index (χ1v) is 8.03. The molecule has 0 spiro atoms. The Kier molecular flexibility index (Phi) is 3.30. The Labute approximate surface area is 136 Å². The van der Waals surface area contributed by atoms with E-state index >= 15 is 0 Å². The van der Waals surface area contributed by atoms with Gasteiger partial charge in [0.1, 0.15) is 16.2 Å². The van der Waals surface area contributed by atoms with Gasteiger partial charge in [0.15, 0.2) is 5.82 Å². The first-order chi connectivity index (χ1) is 11.3. The number of aromatic amines is 1. The molecule has 0 aromatic carbocycles. The molecular weight excluding hydrogens is 312 g/mol. The summed E-state index contributed by atoms with van der Waals surface area (Å²) in [7, 11) is 0. The van der Waals surface area contributed by atoms with Gasteiger partial charge in [-0.2, -0.15) is 10.2 Å². The zero-order valence-corrected chi connectivity index (χ0v) is 13.5. The fraction of sp³-hybridized carbons (Fsp3) is 0.200. The first kappa shape index (κ1) is 13.9. The molecule has 7 nitrogen and oxygen atoms in total. The number of fused-ring (bicyclic) bond motifs is 1. The quantitative estimate of drug-likeness (QED) is 0.623. The Hall–Kier alpha value is -2.74. The third-order valence-electron chi connectivity index (χ3n) is 3.42. The standard InChI is InChI=1S/C15H14N6OS/c1-3-22-14-12(13-16-8-17-19-13)23-15(18-14)11-9(2)20-21-7-5-4-6-10(11)21/h4-8H,3H2,1-2H3,(H,16,17,19). The number of thiazole rings is 1. The molecule has 1 N–H and O–H groups in total. The van der Waals surface area contributed by atoms with Crippen LogP contribution in [-0.2, 0) is 0 Å². The van der Waals surface area contributed by atoms with Crippen LogP contribution in [0.5, 0.6) is 5.88 Å². The van der Waals surface area contributed by atoms with Crippen LogP contribution in [0.3, 0.4) is 0 Å². The van der Waals surface area contributed by atoms with Crippen molar-refractivity contribution >= 4 is 16.9 Å². The van der Waals surface area contributed by atoms with Crippen molar-refractivity contribution in [2.75, 3.05) is 6.61 Å². The number of pyridine rings is 1.